The van der Waals surface area contributed by atoms with Gasteiger partial charge in [-0.15, -0.1) is 0 Å². The van der Waals surface area contributed by atoms with E-state index >= 15 is 0 Å². The Bertz CT molecular complexity index is 405. The van der Waals surface area contributed by atoms with E-state index in [0.29, 0.717) is 18.3 Å². The maximum atomic E-state index is 11.4. The monoisotopic (exact) mass is 204 g/mol. The zero-order valence-corrected chi connectivity index (χ0v) is 8.43. The summed E-state index contributed by atoms with van der Waals surface area (Å²) in [4.78, 5) is 21.5. The zero-order chi connectivity index (χ0) is 11.3. The molecule has 78 valence electrons. The fourth-order valence-corrected chi connectivity index (χ4v) is 1.22. The third-order valence-electron chi connectivity index (χ3n) is 2.01. The molecule has 1 rings (SSSR count). The van der Waals surface area contributed by atoms with Crippen molar-refractivity contribution in [2.75, 3.05) is 0 Å². The molecule has 15 heavy (non-hydrogen) atoms. The van der Waals surface area contributed by atoms with Gasteiger partial charge in [0.15, 0.2) is 5.78 Å². The van der Waals surface area contributed by atoms with Crippen molar-refractivity contribution in [2.45, 2.75) is 13.3 Å². The third kappa shape index (κ3) is 2.77. The van der Waals surface area contributed by atoms with Crippen molar-refractivity contribution in [3.63, 3.8) is 0 Å². The molecule has 0 aliphatic heterocycles. The summed E-state index contributed by atoms with van der Waals surface area (Å²) in [6.07, 6.45) is 3.92. The molecule has 3 nitrogen and oxygen atoms in total. The van der Waals surface area contributed by atoms with Crippen LogP contribution in [0.25, 0.3) is 6.08 Å². The predicted octanol–water partition coefficient (Wildman–Crippen LogP) is 2.20. The maximum Gasteiger partial charge on any atom is 0.166 e. The first-order valence-electron chi connectivity index (χ1n) is 4.67. The first-order valence-corrected chi connectivity index (χ1v) is 4.67. The average molecular weight is 204 g/mol. The van der Waals surface area contributed by atoms with Crippen molar-refractivity contribution in [1.29, 1.82) is 0 Å². The number of carbonyl (C=O) groups excluding carboxylic acids is 2. The SMILES string of the molecule is CCC(=O)c1cc(C=CC=O)ccc1O. The van der Waals surface area contributed by atoms with Crippen LogP contribution in [0, 0.1) is 0 Å². The molecule has 1 aromatic carbocycles. The molecule has 0 fully saturated rings. The summed E-state index contributed by atoms with van der Waals surface area (Å²) in [7, 11) is 0. The summed E-state index contributed by atoms with van der Waals surface area (Å²) in [6.45, 7) is 1.73. The van der Waals surface area contributed by atoms with Gasteiger partial charge < -0.3 is 5.11 Å². The molecule has 0 amide bonds. The molecule has 3 heteroatoms. The number of aromatic hydroxyl groups is 1. The Morgan fingerprint density at radius 3 is 2.80 bits per heavy atom. The number of ketones is 1. The van der Waals surface area contributed by atoms with E-state index in [1.807, 2.05) is 0 Å². The van der Waals surface area contributed by atoms with Crippen LogP contribution in [0.4, 0.5) is 0 Å². The second-order valence-corrected chi connectivity index (χ2v) is 3.05. The van der Waals surface area contributed by atoms with Crippen molar-refractivity contribution in [1.82, 2.24) is 0 Å². The highest BCUT2D eigenvalue weighted by Crippen LogP contribution is 2.20. The molecule has 0 saturated carbocycles. The first kappa shape index (κ1) is 11.2. The summed E-state index contributed by atoms with van der Waals surface area (Å²) < 4.78 is 0. The van der Waals surface area contributed by atoms with Gasteiger partial charge in [-0.1, -0.05) is 19.1 Å². The molecule has 0 aliphatic carbocycles. The van der Waals surface area contributed by atoms with Crippen LogP contribution in [-0.4, -0.2) is 17.2 Å². The normalized spacial score (nSPS) is 10.5. The highest BCUT2D eigenvalue weighted by Gasteiger charge is 2.08. The van der Waals surface area contributed by atoms with E-state index in [1.54, 1.807) is 25.1 Å². The Morgan fingerprint density at radius 2 is 2.20 bits per heavy atom. The molecule has 0 radical (unpaired) electrons. The van der Waals surface area contributed by atoms with Gasteiger partial charge in [-0.2, -0.15) is 0 Å². The quantitative estimate of drug-likeness (QED) is 0.464. The lowest BCUT2D eigenvalue weighted by Crippen LogP contribution is -1.97. The molecule has 0 aliphatic rings. The third-order valence-corrected chi connectivity index (χ3v) is 2.01. The van der Waals surface area contributed by atoms with Crippen molar-refractivity contribution in [3.05, 3.63) is 35.4 Å². The highest BCUT2D eigenvalue weighted by atomic mass is 16.3. The zero-order valence-electron chi connectivity index (χ0n) is 8.43. The second kappa shape index (κ2) is 5.10. The van der Waals surface area contributed by atoms with Crippen LogP contribution in [-0.2, 0) is 4.79 Å². The number of carbonyl (C=O) groups is 2. The summed E-state index contributed by atoms with van der Waals surface area (Å²) >= 11 is 0. The largest absolute Gasteiger partial charge is 0.507 e. The molecule has 0 unspecified atom stereocenters. The van der Waals surface area contributed by atoms with Crippen LogP contribution in [0.2, 0.25) is 0 Å². The fourth-order valence-electron chi connectivity index (χ4n) is 1.22. The molecule has 0 saturated heterocycles. The van der Waals surface area contributed by atoms with Crippen molar-refractivity contribution >= 4 is 18.1 Å². The number of allylic oxidation sites excluding steroid dienone is 1. The number of hydrogen-bond acceptors (Lipinski definition) is 3. The van der Waals surface area contributed by atoms with Gasteiger partial charge in [0.2, 0.25) is 0 Å². The lowest BCUT2D eigenvalue weighted by molar-refractivity contribution is -0.104. The minimum atomic E-state index is -0.117. The van der Waals surface area contributed by atoms with Gasteiger partial charge >= 0.3 is 0 Å². The van der Waals surface area contributed by atoms with E-state index in [2.05, 4.69) is 0 Å². The number of hydrogen-bond donors (Lipinski definition) is 1. The summed E-state index contributed by atoms with van der Waals surface area (Å²) in [5, 5.41) is 9.45. The Morgan fingerprint density at radius 1 is 1.47 bits per heavy atom. The van der Waals surface area contributed by atoms with Gasteiger partial charge in [-0.3, -0.25) is 9.59 Å². The Kier molecular flexibility index (Phi) is 3.80. The Hall–Kier alpha value is -1.90. The Labute approximate surface area is 88.0 Å². The molecule has 1 N–H and O–H groups in total. The van der Waals surface area contributed by atoms with Crippen LogP contribution in [0.1, 0.15) is 29.3 Å². The fraction of sp³-hybridized carbons (Fsp3) is 0.167. The molecule has 0 atom stereocenters. The van der Waals surface area contributed by atoms with Crippen LogP contribution >= 0.6 is 0 Å². The summed E-state index contributed by atoms with van der Waals surface area (Å²) in [5.74, 6) is -0.140. The van der Waals surface area contributed by atoms with E-state index < -0.39 is 0 Å². The standard InChI is InChI=1S/C12H12O3/c1-2-11(14)10-8-9(4-3-7-13)5-6-12(10)15/h3-8,15H,2H2,1H3. The van der Waals surface area contributed by atoms with E-state index in [9.17, 15) is 14.7 Å². The molecule has 0 heterocycles. The number of Topliss-reactive ketones (excluding diaryl/α,β-unsaturated/α-hetero) is 1. The minimum Gasteiger partial charge on any atom is -0.507 e. The van der Waals surface area contributed by atoms with Crippen LogP contribution < -0.4 is 0 Å². The second-order valence-electron chi connectivity index (χ2n) is 3.05. The van der Waals surface area contributed by atoms with Crippen LogP contribution in [0.15, 0.2) is 24.3 Å². The average Bonchev–Trinajstić information content (AvgIpc) is 2.27. The predicted molar refractivity (Wildman–Crippen MR) is 57.8 cm³/mol. The van der Waals surface area contributed by atoms with Gasteiger partial charge in [0.1, 0.15) is 12.0 Å². The van der Waals surface area contributed by atoms with E-state index in [1.165, 1.54) is 12.1 Å². The number of rotatable bonds is 4. The number of benzene rings is 1. The first-order chi connectivity index (χ1) is 7.19. The molecule has 0 spiro atoms. The van der Waals surface area contributed by atoms with Crippen LogP contribution in [0.5, 0.6) is 5.75 Å². The number of aldehydes is 1. The summed E-state index contributed by atoms with van der Waals surface area (Å²) in [5.41, 5.74) is 1.02. The topological polar surface area (TPSA) is 54.4 Å². The minimum absolute atomic E-state index is 0.0231. The van der Waals surface area contributed by atoms with Gasteiger partial charge in [-0.25, -0.2) is 0 Å². The lowest BCUT2D eigenvalue weighted by atomic mass is 10.0. The van der Waals surface area contributed by atoms with E-state index in [-0.39, 0.29) is 11.5 Å². The van der Waals surface area contributed by atoms with Crippen molar-refractivity contribution in [2.24, 2.45) is 0 Å². The van der Waals surface area contributed by atoms with Gasteiger partial charge in [-0.05, 0) is 23.8 Å². The Balaban J connectivity index is 3.10. The van der Waals surface area contributed by atoms with Crippen molar-refractivity contribution < 1.29 is 14.7 Å². The van der Waals surface area contributed by atoms with Gasteiger partial charge in [0, 0.05) is 6.42 Å². The number of phenols is 1. The van der Waals surface area contributed by atoms with Crippen LogP contribution in [0.3, 0.4) is 0 Å². The smallest absolute Gasteiger partial charge is 0.166 e. The maximum absolute atomic E-state index is 11.4. The number of phenolic OH excluding ortho intramolecular Hbond substituents is 1. The van der Waals surface area contributed by atoms with Gasteiger partial charge in [0.05, 0.1) is 5.56 Å². The summed E-state index contributed by atoms with van der Waals surface area (Å²) in [6, 6.07) is 4.66. The van der Waals surface area contributed by atoms with Crippen molar-refractivity contribution in [3.8, 4) is 5.75 Å². The lowest BCUT2D eigenvalue weighted by Gasteiger charge is -2.02. The highest BCUT2D eigenvalue weighted by molar-refractivity contribution is 5.99. The molecule has 0 aromatic heterocycles. The van der Waals surface area contributed by atoms with Gasteiger partial charge in [0.25, 0.3) is 0 Å². The molecular formula is C12H12O3. The molecular weight excluding hydrogens is 192 g/mol. The van der Waals surface area contributed by atoms with E-state index in [4.69, 9.17) is 0 Å². The molecule has 1 aromatic rings. The molecule has 0 bridgehead atoms. The van der Waals surface area contributed by atoms with E-state index in [0.717, 1.165) is 5.56 Å².